The van der Waals surface area contributed by atoms with Gasteiger partial charge in [-0.1, -0.05) is 43.0 Å². The molecule has 2 aromatic carbocycles. The molecule has 158 valence electrons. The Hall–Kier alpha value is -3.45. The molecule has 0 heterocycles. The lowest BCUT2D eigenvalue weighted by Crippen LogP contribution is -2.33. The maximum Gasteiger partial charge on any atom is 0.345 e. The van der Waals surface area contributed by atoms with Gasteiger partial charge in [-0.3, -0.25) is 4.79 Å². The third-order valence-electron chi connectivity index (χ3n) is 4.15. The van der Waals surface area contributed by atoms with Gasteiger partial charge in [0.2, 0.25) is 0 Å². The Morgan fingerprint density at radius 1 is 1.07 bits per heavy atom. The van der Waals surface area contributed by atoms with Gasteiger partial charge in [-0.2, -0.15) is 0 Å². The summed E-state index contributed by atoms with van der Waals surface area (Å²) in [6, 6.07) is 14.1. The van der Waals surface area contributed by atoms with Crippen molar-refractivity contribution in [2.24, 2.45) is 0 Å². The molecule has 0 bridgehead atoms. The number of aliphatic hydroxyl groups is 1. The molecule has 1 unspecified atom stereocenters. The smallest absolute Gasteiger partial charge is 0.345 e. The highest BCUT2D eigenvalue weighted by atomic mass is 16.6. The van der Waals surface area contributed by atoms with E-state index in [0.717, 1.165) is 11.1 Å². The van der Waals surface area contributed by atoms with Crippen LogP contribution in [-0.2, 0) is 23.9 Å². The summed E-state index contributed by atoms with van der Waals surface area (Å²) in [4.78, 5) is 33.9. The highest BCUT2D eigenvalue weighted by molar-refractivity contribution is 5.88. The second-order valence-corrected chi connectivity index (χ2v) is 7.24. The van der Waals surface area contributed by atoms with Gasteiger partial charge in [0.25, 0.3) is 6.47 Å². The summed E-state index contributed by atoms with van der Waals surface area (Å²) in [5.74, 6) is -1.04. The predicted molar refractivity (Wildman–Crippen MR) is 109 cm³/mol. The lowest BCUT2D eigenvalue weighted by atomic mass is 9.93. The highest BCUT2D eigenvalue weighted by Crippen LogP contribution is 2.31. The Balaban J connectivity index is 2.14. The van der Waals surface area contributed by atoms with Crippen LogP contribution in [0.5, 0.6) is 5.75 Å². The molecular formula is C23H24O7. The monoisotopic (exact) mass is 412 g/mol. The van der Waals surface area contributed by atoms with Gasteiger partial charge >= 0.3 is 11.9 Å². The maximum atomic E-state index is 12.1. The summed E-state index contributed by atoms with van der Waals surface area (Å²) in [5, 5.41) is 10.5. The molecule has 1 atom stereocenters. The van der Waals surface area contributed by atoms with Crippen molar-refractivity contribution in [3.05, 3.63) is 66.2 Å². The van der Waals surface area contributed by atoms with E-state index in [9.17, 15) is 19.5 Å². The van der Waals surface area contributed by atoms with Crippen molar-refractivity contribution in [3.63, 3.8) is 0 Å². The van der Waals surface area contributed by atoms with Gasteiger partial charge in [0.15, 0.2) is 12.7 Å². The first-order valence-corrected chi connectivity index (χ1v) is 9.17. The minimum atomic E-state index is -1.37. The minimum absolute atomic E-state index is 0.170. The van der Waals surface area contributed by atoms with Crippen LogP contribution < -0.4 is 4.74 Å². The van der Waals surface area contributed by atoms with E-state index in [1.165, 1.54) is 20.8 Å². The first kappa shape index (κ1) is 22.8. The van der Waals surface area contributed by atoms with Crippen LogP contribution >= 0.6 is 0 Å². The topological polar surface area (TPSA) is 99.1 Å². The Morgan fingerprint density at radius 2 is 1.60 bits per heavy atom. The number of carbonyl (C=O) groups is 3. The largest absolute Gasteiger partial charge is 0.452 e. The fraction of sp³-hybridized carbons (Fsp3) is 0.261. The molecule has 0 spiro atoms. The third kappa shape index (κ3) is 6.28. The molecule has 2 rings (SSSR count). The number of rotatable bonds is 9. The van der Waals surface area contributed by atoms with E-state index in [1.807, 2.05) is 12.1 Å². The van der Waals surface area contributed by atoms with Gasteiger partial charge in [-0.05, 0) is 49.6 Å². The SMILES string of the molecule is C=C(C)C(=O)OCC(=O)OC(c1ccc(-c2ccc(OC=O)cc2)cc1)C(C)(C)O. The number of hydrogen-bond donors (Lipinski definition) is 1. The molecule has 30 heavy (non-hydrogen) atoms. The van der Waals surface area contributed by atoms with Crippen LogP contribution in [0.3, 0.4) is 0 Å². The van der Waals surface area contributed by atoms with Crippen molar-refractivity contribution >= 4 is 18.4 Å². The maximum absolute atomic E-state index is 12.1. The molecule has 0 aromatic heterocycles. The van der Waals surface area contributed by atoms with Crippen LogP contribution in [0.2, 0.25) is 0 Å². The summed E-state index contributed by atoms with van der Waals surface area (Å²) in [7, 11) is 0. The molecule has 7 heteroatoms. The Kier molecular flexibility index (Phi) is 7.49. The lowest BCUT2D eigenvalue weighted by Gasteiger charge is -2.29. The second kappa shape index (κ2) is 9.84. The molecule has 2 aromatic rings. The number of esters is 2. The predicted octanol–water partition coefficient (Wildman–Crippen LogP) is 3.36. The van der Waals surface area contributed by atoms with Crippen LogP contribution in [-0.4, -0.2) is 35.7 Å². The van der Waals surface area contributed by atoms with E-state index in [2.05, 4.69) is 6.58 Å². The average Bonchev–Trinajstić information content (AvgIpc) is 2.70. The summed E-state index contributed by atoms with van der Waals surface area (Å²) in [6.07, 6.45) is -0.967. The van der Waals surface area contributed by atoms with Crippen LogP contribution in [0.15, 0.2) is 60.7 Å². The van der Waals surface area contributed by atoms with Gasteiger partial charge in [0.05, 0.1) is 0 Å². The quantitative estimate of drug-likeness (QED) is 0.383. The molecule has 0 amide bonds. The number of carbonyl (C=O) groups excluding carboxylic acids is 3. The highest BCUT2D eigenvalue weighted by Gasteiger charge is 2.32. The van der Waals surface area contributed by atoms with Gasteiger partial charge in [0, 0.05) is 5.57 Å². The van der Waals surface area contributed by atoms with E-state index < -0.39 is 30.3 Å². The normalized spacial score (nSPS) is 11.9. The number of hydrogen-bond acceptors (Lipinski definition) is 7. The first-order chi connectivity index (χ1) is 14.1. The van der Waals surface area contributed by atoms with Crippen LogP contribution in [0, 0.1) is 0 Å². The van der Waals surface area contributed by atoms with Gasteiger partial charge < -0.3 is 19.3 Å². The molecular weight excluding hydrogens is 388 g/mol. The molecule has 0 saturated carbocycles. The third-order valence-corrected chi connectivity index (χ3v) is 4.15. The van der Waals surface area contributed by atoms with Crippen LogP contribution in [0.4, 0.5) is 0 Å². The van der Waals surface area contributed by atoms with Crippen molar-refractivity contribution in [1.82, 2.24) is 0 Å². The molecule has 0 fully saturated rings. The van der Waals surface area contributed by atoms with Gasteiger partial charge in [-0.25, -0.2) is 9.59 Å². The molecule has 0 radical (unpaired) electrons. The van der Waals surface area contributed by atoms with Crippen LogP contribution in [0.1, 0.15) is 32.4 Å². The number of ether oxygens (including phenoxy) is 3. The number of benzene rings is 2. The van der Waals surface area contributed by atoms with E-state index in [4.69, 9.17) is 14.2 Å². The summed E-state index contributed by atoms with van der Waals surface area (Å²) < 4.78 is 14.9. The Morgan fingerprint density at radius 3 is 2.07 bits per heavy atom. The summed E-state index contributed by atoms with van der Waals surface area (Å²) in [5.41, 5.74) is 1.15. The van der Waals surface area contributed by atoms with Crippen molar-refractivity contribution < 1.29 is 33.7 Å². The first-order valence-electron chi connectivity index (χ1n) is 9.17. The van der Waals surface area contributed by atoms with E-state index >= 15 is 0 Å². The fourth-order valence-electron chi connectivity index (χ4n) is 2.67. The van der Waals surface area contributed by atoms with Crippen molar-refractivity contribution in [1.29, 1.82) is 0 Å². The Labute approximate surface area is 174 Å². The fourth-order valence-corrected chi connectivity index (χ4v) is 2.67. The molecule has 0 aliphatic carbocycles. The average molecular weight is 412 g/mol. The molecule has 1 N–H and O–H groups in total. The molecule has 0 aliphatic heterocycles. The zero-order valence-electron chi connectivity index (χ0n) is 17.1. The van der Waals surface area contributed by atoms with Crippen molar-refractivity contribution in [2.45, 2.75) is 32.5 Å². The van der Waals surface area contributed by atoms with Gasteiger partial charge in [0.1, 0.15) is 11.4 Å². The summed E-state index contributed by atoms with van der Waals surface area (Å²) in [6.45, 7) is 7.73. The van der Waals surface area contributed by atoms with Crippen molar-refractivity contribution in [2.75, 3.05) is 6.61 Å². The van der Waals surface area contributed by atoms with Gasteiger partial charge in [-0.15, -0.1) is 0 Å². The van der Waals surface area contributed by atoms with E-state index in [1.54, 1.807) is 36.4 Å². The summed E-state index contributed by atoms with van der Waals surface area (Å²) >= 11 is 0. The minimum Gasteiger partial charge on any atom is -0.452 e. The molecule has 0 saturated heterocycles. The zero-order valence-corrected chi connectivity index (χ0v) is 17.1. The van der Waals surface area contributed by atoms with E-state index in [0.29, 0.717) is 17.8 Å². The Bertz CT molecular complexity index is 906. The zero-order chi connectivity index (χ0) is 22.3. The van der Waals surface area contributed by atoms with Crippen LogP contribution in [0.25, 0.3) is 11.1 Å². The second-order valence-electron chi connectivity index (χ2n) is 7.24. The molecule has 0 aliphatic rings. The van der Waals surface area contributed by atoms with E-state index in [-0.39, 0.29) is 5.57 Å². The van der Waals surface area contributed by atoms with Crippen molar-refractivity contribution in [3.8, 4) is 16.9 Å². The standard InChI is InChI=1S/C23H24O7/c1-15(2)22(26)28-13-20(25)30-21(23(3,4)27)18-7-5-16(6-8-18)17-9-11-19(12-10-17)29-14-24/h5-12,14,21,27H,1,13H2,2-4H3. The lowest BCUT2D eigenvalue weighted by molar-refractivity contribution is -0.171. The molecule has 7 nitrogen and oxygen atoms in total.